The Morgan fingerprint density at radius 3 is 2.62 bits per heavy atom. The van der Waals surface area contributed by atoms with E-state index in [0.29, 0.717) is 30.6 Å². The minimum atomic E-state index is -0.168. The van der Waals surface area contributed by atoms with Crippen LogP contribution in [0.25, 0.3) is 10.9 Å². The Kier molecular flexibility index (Phi) is 5.01. The predicted octanol–water partition coefficient (Wildman–Crippen LogP) is 3.72. The molecule has 7 nitrogen and oxygen atoms in total. The average Bonchev–Trinajstić information content (AvgIpc) is 3.26. The number of hydrogen-bond donors (Lipinski definition) is 1. The molecule has 0 radical (unpaired) electrons. The number of Topliss-reactive ketones (excluding diaryl/α,β-unsaturated/α-hetero) is 1. The molecule has 1 spiro atoms. The van der Waals surface area contributed by atoms with Crippen LogP contribution in [0.4, 0.5) is 5.82 Å². The number of anilines is 1. The van der Waals surface area contributed by atoms with E-state index in [1.54, 1.807) is 6.07 Å². The summed E-state index contributed by atoms with van der Waals surface area (Å²) in [5.74, 6) is 1.20. The second kappa shape index (κ2) is 8.08. The summed E-state index contributed by atoms with van der Waals surface area (Å²) in [5, 5.41) is 0.780. The van der Waals surface area contributed by atoms with Gasteiger partial charge in [0.2, 0.25) is 5.56 Å². The third-order valence-corrected chi connectivity index (χ3v) is 7.93. The highest BCUT2D eigenvalue weighted by molar-refractivity contribution is 6.06. The number of nitrogens with zero attached hydrogens (tertiary/aromatic N) is 3. The number of amides is 1. The minimum Gasteiger partial charge on any atom is -0.351 e. The second-order valence-corrected chi connectivity index (χ2v) is 9.80. The summed E-state index contributed by atoms with van der Waals surface area (Å²) in [6.07, 6.45) is 6.39. The molecule has 3 aromatic rings. The molecule has 0 atom stereocenters. The lowest BCUT2D eigenvalue weighted by Gasteiger charge is -2.45. The van der Waals surface area contributed by atoms with E-state index in [9.17, 15) is 14.4 Å². The van der Waals surface area contributed by atoms with Crippen molar-refractivity contribution in [2.45, 2.75) is 50.5 Å². The molecule has 1 aromatic carbocycles. The molecule has 2 aromatic heterocycles. The largest absolute Gasteiger partial charge is 0.351 e. The summed E-state index contributed by atoms with van der Waals surface area (Å²) in [6.45, 7) is 2.35. The van der Waals surface area contributed by atoms with Gasteiger partial charge < -0.3 is 14.8 Å². The van der Waals surface area contributed by atoms with Gasteiger partial charge in [0, 0.05) is 59.7 Å². The molecule has 34 heavy (non-hydrogen) atoms. The number of nitrogens with one attached hydrogen (secondary N) is 1. The maximum Gasteiger partial charge on any atom is 0.254 e. The van der Waals surface area contributed by atoms with Crippen molar-refractivity contribution in [3.8, 4) is 0 Å². The molecule has 0 bridgehead atoms. The topological polar surface area (TPSA) is 86.4 Å². The van der Waals surface area contributed by atoms with Crippen molar-refractivity contribution in [2.24, 2.45) is 0 Å². The van der Waals surface area contributed by atoms with E-state index >= 15 is 0 Å². The normalized spacial score (nSPS) is 19.6. The lowest BCUT2D eigenvalue weighted by molar-refractivity contribution is 0.0674. The summed E-state index contributed by atoms with van der Waals surface area (Å²) >= 11 is 0. The van der Waals surface area contributed by atoms with Crippen LogP contribution < -0.4 is 10.5 Å². The number of benzene rings is 1. The van der Waals surface area contributed by atoms with Crippen LogP contribution in [0, 0.1) is 0 Å². The maximum atomic E-state index is 13.4. The Labute approximate surface area is 197 Å². The second-order valence-electron chi connectivity index (χ2n) is 9.80. The van der Waals surface area contributed by atoms with Gasteiger partial charge >= 0.3 is 0 Å². The fourth-order valence-electron chi connectivity index (χ4n) is 6.12. The number of aromatic nitrogens is 2. The zero-order valence-electron chi connectivity index (χ0n) is 19.2. The van der Waals surface area contributed by atoms with Crippen LogP contribution in [-0.2, 0) is 6.42 Å². The molecule has 4 heterocycles. The highest BCUT2D eigenvalue weighted by Crippen LogP contribution is 2.41. The first-order valence-electron chi connectivity index (χ1n) is 12.3. The molecule has 1 amide bonds. The van der Waals surface area contributed by atoms with E-state index in [-0.39, 0.29) is 22.8 Å². The monoisotopic (exact) mass is 456 g/mol. The average molecular weight is 457 g/mol. The first kappa shape index (κ1) is 21.1. The van der Waals surface area contributed by atoms with Gasteiger partial charge in [-0.1, -0.05) is 6.07 Å². The van der Waals surface area contributed by atoms with Gasteiger partial charge in [0.15, 0.2) is 5.78 Å². The van der Waals surface area contributed by atoms with Crippen LogP contribution in [0.5, 0.6) is 0 Å². The van der Waals surface area contributed by atoms with E-state index in [4.69, 9.17) is 4.98 Å². The van der Waals surface area contributed by atoms with E-state index in [2.05, 4.69) is 9.88 Å². The van der Waals surface area contributed by atoms with Gasteiger partial charge in [-0.05, 0) is 68.9 Å². The number of carbonyl (C=O) groups excluding carboxylic acids is 2. The van der Waals surface area contributed by atoms with Crippen molar-refractivity contribution in [3.63, 3.8) is 0 Å². The van der Waals surface area contributed by atoms with Crippen LogP contribution in [0.2, 0.25) is 0 Å². The van der Waals surface area contributed by atoms with E-state index in [1.165, 1.54) is 6.07 Å². The highest BCUT2D eigenvalue weighted by atomic mass is 16.2. The molecular weight excluding hydrogens is 428 g/mol. The first-order chi connectivity index (χ1) is 16.5. The number of carbonyl (C=O) groups is 2. The van der Waals surface area contributed by atoms with Crippen molar-refractivity contribution in [3.05, 3.63) is 69.6 Å². The van der Waals surface area contributed by atoms with Crippen LogP contribution in [-0.4, -0.2) is 51.7 Å². The molecule has 7 heteroatoms. The number of aryl methyl sites for hydroxylation is 1. The number of aromatic amines is 1. The molecule has 0 unspecified atom stereocenters. The molecule has 0 saturated carbocycles. The molecule has 1 N–H and O–H groups in total. The SMILES string of the molecule is O=C1CCCc2nc(N3CCCC34CCN(C(=O)c3cccc5[nH]c(=O)ccc35)CC4)ccc21. The number of rotatable bonds is 2. The van der Waals surface area contributed by atoms with Gasteiger partial charge in [-0.2, -0.15) is 0 Å². The lowest BCUT2D eigenvalue weighted by Crippen LogP contribution is -2.53. The maximum absolute atomic E-state index is 13.4. The number of pyridine rings is 2. The third kappa shape index (κ3) is 3.42. The molecular formula is C27H28N4O3. The molecule has 3 aliphatic rings. The summed E-state index contributed by atoms with van der Waals surface area (Å²) in [4.78, 5) is 49.5. The molecule has 1 aliphatic carbocycles. The van der Waals surface area contributed by atoms with Gasteiger partial charge in [-0.25, -0.2) is 4.98 Å². The lowest BCUT2D eigenvalue weighted by atomic mass is 9.84. The number of H-pyrrole nitrogens is 1. The smallest absolute Gasteiger partial charge is 0.254 e. The molecule has 2 aliphatic heterocycles. The van der Waals surface area contributed by atoms with E-state index in [1.807, 2.05) is 35.2 Å². The predicted molar refractivity (Wildman–Crippen MR) is 131 cm³/mol. The van der Waals surface area contributed by atoms with Gasteiger partial charge in [0.25, 0.3) is 5.91 Å². The van der Waals surface area contributed by atoms with Crippen molar-refractivity contribution in [2.75, 3.05) is 24.5 Å². The number of fused-ring (bicyclic) bond motifs is 2. The Balaban J connectivity index is 1.23. The fourth-order valence-corrected chi connectivity index (χ4v) is 6.12. The van der Waals surface area contributed by atoms with Crippen molar-refractivity contribution in [1.29, 1.82) is 0 Å². The Hall–Kier alpha value is -3.48. The molecule has 2 fully saturated rings. The Morgan fingerprint density at radius 2 is 1.76 bits per heavy atom. The van der Waals surface area contributed by atoms with E-state index < -0.39 is 0 Å². The number of ketones is 1. The van der Waals surface area contributed by atoms with Gasteiger partial charge in [-0.15, -0.1) is 0 Å². The van der Waals surface area contributed by atoms with Crippen LogP contribution in [0.15, 0.2) is 47.3 Å². The van der Waals surface area contributed by atoms with E-state index in [0.717, 1.165) is 67.5 Å². The van der Waals surface area contributed by atoms with Gasteiger partial charge in [0.1, 0.15) is 5.82 Å². The van der Waals surface area contributed by atoms with Crippen LogP contribution >= 0.6 is 0 Å². The Morgan fingerprint density at radius 1 is 0.912 bits per heavy atom. The Bertz CT molecular complexity index is 1350. The minimum absolute atomic E-state index is 0.0146. The number of hydrogen-bond acceptors (Lipinski definition) is 5. The van der Waals surface area contributed by atoms with Crippen molar-refractivity contribution < 1.29 is 9.59 Å². The van der Waals surface area contributed by atoms with Crippen molar-refractivity contribution >= 4 is 28.4 Å². The zero-order chi connectivity index (χ0) is 23.3. The first-order valence-corrected chi connectivity index (χ1v) is 12.3. The standard InChI is InChI=1S/C27H28N4O3/c32-23-7-2-6-22-20(23)8-10-24(28-22)31-15-3-12-27(31)13-16-30(17-14-27)26(34)19-4-1-5-21-18(19)9-11-25(33)29-21/h1,4-5,8-11H,2-3,6-7,12-17H2,(H,29,33). The van der Waals surface area contributed by atoms with Gasteiger partial charge in [-0.3, -0.25) is 14.4 Å². The fraction of sp³-hybridized carbons (Fsp3) is 0.407. The van der Waals surface area contributed by atoms with Gasteiger partial charge in [0.05, 0.1) is 5.69 Å². The summed E-state index contributed by atoms with van der Waals surface area (Å²) < 4.78 is 0. The number of piperidine rings is 1. The summed E-state index contributed by atoms with van der Waals surface area (Å²) in [6, 6.07) is 12.7. The van der Waals surface area contributed by atoms with Crippen LogP contribution in [0.1, 0.15) is 64.9 Å². The number of likely N-dealkylation sites (tertiary alicyclic amines) is 1. The molecule has 2 saturated heterocycles. The molecule has 6 rings (SSSR count). The summed E-state index contributed by atoms with van der Waals surface area (Å²) in [5.41, 5.74) is 2.90. The third-order valence-electron chi connectivity index (χ3n) is 7.93. The summed E-state index contributed by atoms with van der Waals surface area (Å²) in [7, 11) is 0. The van der Waals surface area contributed by atoms with Crippen LogP contribution in [0.3, 0.4) is 0 Å². The molecule has 174 valence electrons. The zero-order valence-corrected chi connectivity index (χ0v) is 19.2. The quantitative estimate of drug-likeness (QED) is 0.635. The highest BCUT2D eigenvalue weighted by Gasteiger charge is 2.44. The van der Waals surface area contributed by atoms with Crippen molar-refractivity contribution in [1.82, 2.24) is 14.9 Å².